The van der Waals surface area contributed by atoms with E-state index < -0.39 is 10.0 Å². The molecule has 0 bridgehead atoms. The lowest BCUT2D eigenvalue weighted by atomic mass is 10.2. The minimum absolute atomic E-state index is 0.0554. The second-order valence-electron chi connectivity index (χ2n) is 7.27. The van der Waals surface area contributed by atoms with E-state index in [1.54, 1.807) is 35.2 Å². The normalized spacial score (nSPS) is 17.7. The van der Waals surface area contributed by atoms with Gasteiger partial charge in [-0.05, 0) is 36.4 Å². The minimum Gasteiger partial charge on any atom is -0.335 e. The van der Waals surface area contributed by atoms with Gasteiger partial charge in [-0.2, -0.15) is 4.31 Å². The van der Waals surface area contributed by atoms with Crippen molar-refractivity contribution in [2.24, 2.45) is 0 Å². The third kappa shape index (κ3) is 4.47. The summed E-state index contributed by atoms with van der Waals surface area (Å²) in [5.41, 5.74) is 3.80. The third-order valence-corrected chi connectivity index (χ3v) is 7.86. The van der Waals surface area contributed by atoms with Crippen molar-refractivity contribution in [2.45, 2.75) is 11.3 Å². The first-order valence-electron chi connectivity index (χ1n) is 9.86. The highest BCUT2D eigenvalue weighted by Gasteiger charge is 2.33. The molecule has 0 atom stereocenters. The first kappa shape index (κ1) is 22.6. The van der Waals surface area contributed by atoms with E-state index in [-0.39, 0.29) is 65.1 Å². The number of amides is 2. The molecule has 2 amide bonds. The van der Waals surface area contributed by atoms with Crippen LogP contribution in [0.4, 0.5) is 5.69 Å². The summed E-state index contributed by atoms with van der Waals surface area (Å²) in [5.74, 6) is -0.474. The van der Waals surface area contributed by atoms with Crippen molar-refractivity contribution < 1.29 is 18.0 Å². The fraction of sp³-hybridized carbons (Fsp3) is 0.238. The summed E-state index contributed by atoms with van der Waals surface area (Å²) < 4.78 is 27.3. The van der Waals surface area contributed by atoms with Crippen molar-refractivity contribution >= 4 is 50.7 Å². The number of hydrogen-bond acceptors (Lipinski definition) is 5. The van der Waals surface area contributed by atoms with E-state index in [1.807, 2.05) is 6.07 Å². The molecule has 1 N–H and O–H groups in total. The fourth-order valence-corrected chi connectivity index (χ4v) is 5.71. The van der Waals surface area contributed by atoms with Crippen LogP contribution in [-0.4, -0.2) is 55.6 Å². The number of carbonyl (C=O) groups excluding carboxylic acids is 2. The molecule has 2 heterocycles. The van der Waals surface area contributed by atoms with Crippen molar-refractivity contribution in [1.82, 2.24) is 14.6 Å². The Labute approximate surface area is 196 Å². The fourth-order valence-electron chi connectivity index (χ4n) is 3.55. The van der Waals surface area contributed by atoms with E-state index >= 15 is 0 Å². The SMILES string of the molecule is O=C(C1=CCC(=O)N(c2ccccc2)N1)N1CCN(S(=O)(=O)c2cc(Cl)ccc2Cl)CC1. The van der Waals surface area contributed by atoms with Crippen LogP contribution in [0.1, 0.15) is 6.42 Å². The summed E-state index contributed by atoms with van der Waals surface area (Å²) in [5, 5.41) is 1.71. The van der Waals surface area contributed by atoms with Gasteiger partial charge in [0.1, 0.15) is 10.6 Å². The van der Waals surface area contributed by atoms with E-state index in [0.29, 0.717) is 5.69 Å². The summed E-state index contributed by atoms with van der Waals surface area (Å²) in [6.07, 6.45) is 1.64. The van der Waals surface area contributed by atoms with Gasteiger partial charge in [-0.25, -0.2) is 13.4 Å². The molecule has 1 saturated heterocycles. The summed E-state index contributed by atoms with van der Waals surface area (Å²) in [6.45, 7) is 0.639. The van der Waals surface area contributed by atoms with E-state index in [1.165, 1.54) is 27.5 Å². The molecule has 2 aliphatic heterocycles. The summed E-state index contributed by atoms with van der Waals surface area (Å²) in [7, 11) is -3.85. The minimum atomic E-state index is -3.85. The van der Waals surface area contributed by atoms with Crippen LogP contribution in [0.2, 0.25) is 10.0 Å². The molecular weight excluding hydrogens is 475 g/mol. The molecule has 2 aromatic carbocycles. The van der Waals surface area contributed by atoms with Crippen LogP contribution in [0.15, 0.2) is 65.2 Å². The lowest BCUT2D eigenvalue weighted by Gasteiger charge is -2.36. The zero-order valence-electron chi connectivity index (χ0n) is 16.9. The number of hydrogen-bond donors (Lipinski definition) is 1. The Hall–Kier alpha value is -2.59. The highest BCUT2D eigenvalue weighted by atomic mass is 35.5. The number of piperazine rings is 1. The van der Waals surface area contributed by atoms with Crippen LogP contribution in [0.25, 0.3) is 0 Å². The first-order chi connectivity index (χ1) is 15.3. The zero-order valence-corrected chi connectivity index (χ0v) is 19.2. The summed E-state index contributed by atoms with van der Waals surface area (Å²) in [6, 6.07) is 13.3. The number of benzene rings is 2. The number of carbonyl (C=O) groups is 2. The highest BCUT2D eigenvalue weighted by molar-refractivity contribution is 7.89. The monoisotopic (exact) mass is 494 g/mol. The molecule has 2 aliphatic rings. The highest BCUT2D eigenvalue weighted by Crippen LogP contribution is 2.28. The van der Waals surface area contributed by atoms with E-state index in [2.05, 4.69) is 5.43 Å². The first-order valence-corrected chi connectivity index (χ1v) is 12.1. The number of hydrazine groups is 1. The van der Waals surface area contributed by atoms with Gasteiger partial charge in [-0.1, -0.05) is 41.4 Å². The molecule has 0 unspecified atom stereocenters. The van der Waals surface area contributed by atoms with Gasteiger partial charge in [0.25, 0.3) is 5.91 Å². The molecule has 0 saturated carbocycles. The Kier molecular flexibility index (Phi) is 6.43. The molecule has 1 fully saturated rings. The average Bonchev–Trinajstić information content (AvgIpc) is 2.81. The summed E-state index contributed by atoms with van der Waals surface area (Å²) >= 11 is 12.0. The Bertz CT molecular complexity index is 1180. The quantitative estimate of drug-likeness (QED) is 0.705. The van der Waals surface area contributed by atoms with Crippen LogP contribution in [0.5, 0.6) is 0 Å². The average molecular weight is 495 g/mol. The zero-order chi connectivity index (χ0) is 22.9. The number of sulfonamides is 1. The van der Waals surface area contributed by atoms with Gasteiger partial charge < -0.3 is 4.90 Å². The van der Waals surface area contributed by atoms with Crippen molar-refractivity contribution in [3.63, 3.8) is 0 Å². The van der Waals surface area contributed by atoms with Crippen LogP contribution in [0.3, 0.4) is 0 Å². The van der Waals surface area contributed by atoms with Crippen LogP contribution in [0, 0.1) is 0 Å². The number of rotatable bonds is 4. The molecule has 4 rings (SSSR count). The largest absolute Gasteiger partial charge is 0.335 e. The molecule has 11 heteroatoms. The maximum atomic E-state index is 13.0. The van der Waals surface area contributed by atoms with Crippen molar-refractivity contribution in [3.05, 3.63) is 70.3 Å². The lowest BCUT2D eigenvalue weighted by molar-refractivity contribution is -0.129. The molecule has 0 radical (unpaired) electrons. The van der Waals surface area contributed by atoms with Crippen LogP contribution in [-0.2, 0) is 19.6 Å². The van der Waals surface area contributed by atoms with E-state index in [4.69, 9.17) is 23.2 Å². The van der Waals surface area contributed by atoms with Crippen molar-refractivity contribution in [2.75, 3.05) is 31.2 Å². The number of nitrogens with zero attached hydrogens (tertiary/aromatic N) is 3. The lowest BCUT2D eigenvalue weighted by Crippen LogP contribution is -2.54. The summed E-state index contributed by atoms with van der Waals surface area (Å²) in [4.78, 5) is 26.8. The molecule has 32 heavy (non-hydrogen) atoms. The second-order valence-corrected chi connectivity index (χ2v) is 10.0. The number of para-hydroxylation sites is 1. The Morgan fingerprint density at radius 2 is 1.66 bits per heavy atom. The van der Waals surface area contributed by atoms with Crippen LogP contribution >= 0.6 is 23.2 Å². The Morgan fingerprint density at radius 1 is 0.969 bits per heavy atom. The predicted molar refractivity (Wildman–Crippen MR) is 122 cm³/mol. The van der Waals surface area contributed by atoms with Gasteiger partial charge in [0.2, 0.25) is 15.9 Å². The van der Waals surface area contributed by atoms with Gasteiger partial charge in [0.15, 0.2) is 0 Å². The smallest absolute Gasteiger partial charge is 0.271 e. The van der Waals surface area contributed by atoms with Crippen molar-refractivity contribution in [3.8, 4) is 0 Å². The van der Waals surface area contributed by atoms with Crippen LogP contribution < -0.4 is 10.4 Å². The molecule has 0 aromatic heterocycles. The number of anilines is 1. The Balaban J connectivity index is 1.43. The molecule has 0 spiro atoms. The molecule has 0 aliphatic carbocycles. The van der Waals surface area contributed by atoms with Crippen molar-refractivity contribution in [1.29, 1.82) is 0 Å². The molecule has 8 nitrogen and oxygen atoms in total. The number of halogens is 2. The maximum Gasteiger partial charge on any atom is 0.271 e. The maximum absolute atomic E-state index is 13.0. The van der Waals surface area contributed by atoms with Gasteiger partial charge in [-0.3, -0.25) is 15.0 Å². The topological polar surface area (TPSA) is 90.0 Å². The molecular formula is C21H20Cl2N4O4S. The van der Waals surface area contributed by atoms with Gasteiger partial charge in [-0.15, -0.1) is 0 Å². The standard InChI is InChI=1S/C21H20Cl2N4O4S/c22-15-6-7-17(23)19(14-15)32(30,31)26-12-10-25(11-13-26)21(29)18-8-9-20(28)27(24-18)16-4-2-1-3-5-16/h1-8,14,24H,9-13H2. The van der Waals surface area contributed by atoms with Gasteiger partial charge >= 0.3 is 0 Å². The molecule has 2 aromatic rings. The van der Waals surface area contributed by atoms with Gasteiger partial charge in [0.05, 0.1) is 10.7 Å². The number of nitrogens with one attached hydrogen (secondary N) is 1. The Morgan fingerprint density at radius 3 is 2.34 bits per heavy atom. The van der Waals surface area contributed by atoms with E-state index in [0.717, 1.165) is 0 Å². The predicted octanol–water partition coefficient (Wildman–Crippen LogP) is 2.65. The molecule has 168 valence electrons. The third-order valence-electron chi connectivity index (χ3n) is 5.24. The second kappa shape index (κ2) is 9.11. The van der Waals surface area contributed by atoms with Gasteiger partial charge in [0, 0.05) is 37.6 Å². The van der Waals surface area contributed by atoms with E-state index in [9.17, 15) is 18.0 Å².